The van der Waals surface area contributed by atoms with E-state index in [-0.39, 0.29) is 5.02 Å². The number of aliphatic carboxylic acids is 1. The predicted octanol–water partition coefficient (Wildman–Crippen LogP) is 2.00. The summed E-state index contributed by atoms with van der Waals surface area (Å²) in [5.41, 5.74) is 6.77. The normalized spacial score (nSPS) is 12.1. The van der Waals surface area contributed by atoms with Crippen molar-refractivity contribution in [1.82, 2.24) is 0 Å². The Balaban J connectivity index is 3.53. The van der Waals surface area contributed by atoms with Crippen LogP contribution in [0.3, 0.4) is 0 Å². The molecule has 3 N–H and O–H groups in total. The average Bonchev–Trinajstić information content (AvgIpc) is 2.35. The van der Waals surface area contributed by atoms with Gasteiger partial charge in [-0.3, -0.25) is 4.79 Å². The van der Waals surface area contributed by atoms with Gasteiger partial charge in [-0.15, -0.1) is 0 Å². The van der Waals surface area contributed by atoms with Crippen LogP contribution in [-0.2, 0) is 11.2 Å². The molecule has 1 aromatic rings. The molecule has 0 aliphatic rings. The molecule has 5 nitrogen and oxygen atoms in total. The summed E-state index contributed by atoms with van der Waals surface area (Å²) in [4.78, 5) is 11.0. The van der Waals surface area contributed by atoms with Crippen LogP contribution in [0.4, 0.5) is 0 Å². The third-order valence-corrected chi connectivity index (χ3v) is 2.97. The number of nitrogens with two attached hydrogens (primary N) is 1. The number of rotatable bonds is 5. The van der Waals surface area contributed by atoms with E-state index in [4.69, 9.17) is 31.9 Å². The van der Waals surface area contributed by atoms with E-state index in [2.05, 4.69) is 0 Å². The second kappa shape index (κ2) is 5.93. The molecular weight excluding hydrogens is 258 g/mol. The van der Waals surface area contributed by atoms with Crippen LogP contribution in [-0.4, -0.2) is 25.3 Å². The zero-order valence-corrected chi connectivity index (χ0v) is 11.2. The summed E-state index contributed by atoms with van der Waals surface area (Å²) < 4.78 is 10.4. The maximum Gasteiger partial charge on any atom is 0.325 e. The molecule has 1 atom stereocenters. The van der Waals surface area contributed by atoms with Gasteiger partial charge in [0.15, 0.2) is 11.5 Å². The maximum atomic E-state index is 11.0. The standard InChI is InChI=1S/C12H16ClNO4/c1-4-6-7(9(14)12(15)16)5-8(13)11(18-3)10(6)17-2/h5,9H,4,14H2,1-3H3,(H,15,16). The molecule has 0 heterocycles. The fourth-order valence-corrected chi connectivity index (χ4v) is 2.13. The van der Waals surface area contributed by atoms with Gasteiger partial charge in [-0.25, -0.2) is 0 Å². The van der Waals surface area contributed by atoms with Crippen LogP contribution in [0.5, 0.6) is 11.5 Å². The molecule has 0 bridgehead atoms. The van der Waals surface area contributed by atoms with E-state index in [9.17, 15) is 4.79 Å². The lowest BCUT2D eigenvalue weighted by Crippen LogP contribution is -2.22. The number of benzene rings is 1. The summed E-state index contributed by atoms with van der Waals surface area (Å²) in [6, 6.07) is 0.373. The Labute approximate surface area is 110 Å². The fraction of sp³-hybridized carbons (Fsp3) is 0.417. The number of ether oxygens (including phenoxy) is 2. The van der Waals surface area contributed by atoms with Gasteiger partial charge in [0.2, 0.25) is 0 Å². The summed E-state index contributed by atoms with van der Waals surface area (Å²) in [5.74, 6) is -0.301. The molecule has 1 aromatic carbocycles. The minimum atomic E-state index is -1.14. The number of hydrogen-bond donors (Lipinski definition) is 2. The number of carboxylic acids is 1. The van der Waals surface area contributed by atoms with Crippen LogP contribution in [0.15, 0.2) is 6.07 Å². The Kier molecular flexibility index (Phi) is 4.81. The van der Waals surface area contributed by atoms with E-state index in [0.717, 1.165) is 0 Å². The van der Waals surface area contributed by atoms with Gasteiger partial charge in [-0.2, -0.15) is 0 Å². The Hall–Kier alpha value is -1.46. The average molecular weight is 274 g/mol. The fourth-order valence-electron chi connectivity index (χ4n) is 1.85. The van der Waals surface area contributed by atoms with Crippen molar-refractivity contribution in [2.45, 2.75) is 19.4 Å². The SMILES string of the molecule is CCc1c(C(N)C(=O)O)cc(Cl)c(OC)c1OC. The summed E-state index contributed by atoms with van der Waals surface area (Å²) >= 11 is 6.04. The molecule has 0 amide bonds. The molecule has 1 rings (SSSR count). The van der Waals surface area contributed by atoms with Crippen molar-refractivity contribution in [2.24, 2.45) is 5.73 Å². The minimum absolute atomic E-state index is 0.276. The van der Waals surface area contributed by atoms with Gasteiger partial charge >= 0.3 is 5.97 Å². The zero-order valence-electron chi connectivity index (χ0n) is 10.5. The first-order valence-corrected chi connectivity index (χ1v) is 5.77. The zero-order chi connectivity index (χ0) is 13.9. The van der Waals surface area contributed by atoms with E-state index < -0.39 is 12.0 Å². The first kappa shape index (κ1) is 14.6. The first-order chi connectivity index (χ1) is 8.47. The molecule has 0 aliphatic heterocycles. The summed E-state index contributed by atoms with van der Waals surface area (Å²) in [6.07, 6.45) is 0.563. The summed E-state index contributed by atoms with van der Waals surface area (Å²) in [7, 11) is 2.95. The molecule has 0 saturated carbocycles. The monoisotopic (exact) mass is 273 g/mol. The largest absolute Gasteiger partial charge is 0.493 e. The van der Waals surface area contributed by atoms with Gasteiger partial charge in [-0.05, 0) is 18.1 Å². The second-order valence-electron chi connectivity index (χ2n) is 3.66. The van der Waals surface area contributed by atoms with E-state index >= 15 is 0 Å². The summed E-state index contributed by atoms with van der Waals surface area (Å²) in [6.45, 7) is 1.88. The van der Waals surface area contributed by atoms with E-state index in [1.165, 1.54) is 20.3 Å². The highest BCUT2D eigenvalue weighted by atomic mass is 35.5. The topological polar surface area (TPSA) is 81.8 Å². The molecule has 0 aromatic heterocycles. The van der Waals surface area contributed by atoms with Crippen LogP contribution in [0.1, 0.15) is 24.1 Å². The Morgan fingerprint density at radius 3 is 2.39 bits per heavy atom. The van der Waals surface area contributed by atoms with E-state index in [1.807, 2.05) is 6.92 Å². The van der Waals surface area contributed by atoms with E-state index in [1.54, 1.807) is 0 Å². The van der Waals surface area contributed by atoms with Crippen LogP contribution in [0, 0.1) is 0 Å². The quantitative estimate of drug-likeness (QED) is 0.857. The Morgan fingerprint density at radius 1 is 1.44 bits per heavy atom. The predicted molar refractivity (Wildman–Crippen MR) is 68.5 cm³/mol. The van der Waals surface area contributed by atoms with Crippen molar-refractivity contribution < 1.29 is 19.4 Å². The highest BCUT2D eigenvalue weighted by Crippen LogP contribution is 2.41. The summed E-state index contributed by atoms with van der Waals surface area (Å²) in [5, 5.41) is 9.27. The number of methoxy groups -OCH3 is 2. The van der Waals surface area contributed by atoms with Crippen LogP contribution < -0.4 is 15.2 Å². The van der Waals surface area contributed by atoms with Crippen molar-refractivity contribution in [3.05, 3.63) is 22.2 Å². The highest BCUT2D eigenvalue weighted by Gasteiger charge is 2.24. The molecule has 0 saturated heterocycles. The van der Waals surface area contributed by atoms with Crippen LogP contribution >= 0.6 is 11.6 Å². The van der Waals surface area contributed by atoms with Crippen molar-refractivity contribution in [1.29, 1.82) is 0 Å². The molecule has 100 valence electrons. The molecule has 18 heavy (non-hydrogen) atoms. The first-order valence-electron chi connectivity index (χ1n) is 5.39. The third-order valence-electron chi connectivity index (χ3n) is 2.69. The van der Waals surface area contributed by atoms with E-state index in [0.29, 0.717) is 29.0 Å². The molecule has 0 radical (unpaired) electrons. The minimum Gasteiger partial charge on any atom is -0.493 e. The number of halogens is 1. The molecule has 0 fully saturated rings. The molecular formula is C12H16ClNO4. The third kappa shape index (κ3) is 2.52. The lowest BCUT2D eigenvalue weighted by Gasteiger charge is -2.19. The van der Waals surface area contributed by atoms with Crippen molar-refractivity contribution in [2.75, 3.05) is 14.2 Å². The maximum absolute atomic E-state index is 11.0. The van der Waals surface area contributed by atoms with Gasteiger partial charge in [0, 0.05) is 5.56 Å². The van der Waals surface area contributed by atoms with Crippen molar-refractivity contribution in [3.8, 4) is 11.5 Å². The molecule has 1 unspecified atom stereocenters. The Bertz CT molecular complexity index is 462. The second-order valence-corrected chi connectivity index (χ2v) is 4.07. The van der Waals surface area contributed by atoms with Crippen molar-refractivity contribution in [3.63, 3.8) is 0 Å². The molecule has 6 heteroatoms. The Morgan fingerprint density at radius 2 is 2.00 bits per heavy atom. The van der Waals surface area contributed by atoms with Gasteiger partial charge < -0.3 is 20.3 Å². The van der Waals surface area contributed by atoms with Crippen molar-refractivity contribution >= 4 is 17.6 Å². The number of carbonyl (C=O) groups is 1. The number of carboxylic acid groups (broad SMARTS) is 1. The van der Waals surface area contributed by atoms with Gasteiger partial charge in [0.05, 0.1) is 19.2 Å². The highest BCUT2D eigenvalue weighted by molar-refractivity contribution is 6.32. The van der Waals surface area contributed by atoms with Gasteiger partial charge in [0.25, 0.3) is 0 Å². The van der Waals surface area contributed by atoms with Crippen LogP contribution in [0.2, 0.25) is 5.02 Å². The molecule has 0 aliphatic carbocycles. The van der Waals surface area contributed by atoms with Gasteiger partial charge in [0.1, 0.15) is 6.04 Å². The lowest BCUT2D eigenvalue weighted by atomic mass is 9.97. The smallest absolute Gasteiger partial charge is 0.325 e. The lowest BCUT2D eigenvalue weighted by molar-refractivity contribution is -0.138. The number of hydrogen-bond acceptors (Lipinski definition) is 4. The molecule has 0 spiro atoms. The van der Waals surface area contributed by atoms with Gasteiger partial charge in [-0.1, -0.05) is 18.5 Å². The van der Waals surface area contributed by atoms with Crippen LogP contribution in [0.25, 0.3) is 0 Å².